The van der Waals surface area contributed by atoms with Crippen molar-refractivity contribution in [2.45, 2.75) is 25.9 Å². The van der Waals surface area contributed by atoms with Gasteiger partial charge in [0.1, 0.15) is 0 Å². The van der Waals surface area contributed by atoms with Crippen LogP contribution in [0, 0.1) is 0 Å². The molecule has 0 bridgehead atoms. The number of halogens is 2. The van der Waals surface area contributed by atoms with Gasteiger partial charge in [-0.25, -0.2) is 0 Å². The van der Waals surface area contributed by atoms with Gasteiger partial charge in [0, 0.05) is 7.11 Å². The van der Waals surface area contributed by atoms with Crippen LogP contribution in [0.3, 0.4) is 0 Å². The Kier molecular flexibility index (Phi) is 4.82. The highest BCUT2D eigenvalue weighted by Gasteiger charge is 2.17. The van der Waals surface area contributed by atoms with E-state index in [9.17, 15) is 0 Å². The highest BCUT2D eigenvalue weighted by molar-refractivity contribution is 9.28. The summed E-state index contributed by atoms with van der Waals surface area (Å²) in [4.78, 5) is 0. The second kappa shape index (κ2) is 4.52. The van der Waals surface area contributed by atoms with Crippen LogP contribution in [0.4, 0.5) is 0 Å². The Balaban J connectivity index is 4.20. The van der Waals surface area contributed by atoms with E-state index in [0.29, 0.717) is 0 Å². The quantitative estimate of drug-likeness (QED) is 0.764. The fourth-order valence-electron chi connectivity index (χ4n) is 0.536. The largest absolute Gasteiger partial charge is 0.374 e. The summed E-state index contributed by atoms with van der Waals surface area (Å²) in [6.45, 7) is 4.12. The number of methoxy groups -OCH3 is 1. The minimum absolute atomic E-state index is 0.150. The average Bonchev–Trinajstić information content (AvgIpc) is 1.87. The molecule has 0 radical (unpaired) electrons. The predicted octanol–water partition coefficient (Wildman–Crippen LogP) is 3.43. The lowest BCUT2D eigenvalue weighted by molar-refractivity contribution is 0.0457. The van der Waals surface area contributed by atoms with E-state index in [-0.39, 0.29) is 5.60 Å². The third kappa shape index (κ3) is 3.74. The molecular formula is C7H12Br2O. The van der Waals surface area contributed by atoms with Crippen LogP contribution in [0.2, 0.25) is 0 Å². The van der Waals surface area contributed by atoms with E-state index in [4.69, 9.17) is 4.74 Å². The third-order valence-electron chi connectivity index (χ3n) is 1.58. The van der Waals surface area contributed by atoms with E-state index in [2.05, 4.69) is 38.8 Å². The molecule has 0 rings (SSSR count). The van der Waals surface area contributed by atoms with Gasteiger partial charge in [-0.05, 0) is 51.3 Å². The Morgan fingerprint density at radius 3 is 2.20 bits per heavy atom. The van der Waals surface area contributed by atoms with E-state index >= 15 is 0 Å². The molecule has 0 aliphatic rings. The topological polar surface area (TPSA) is 9.23 Å². The zero-order valence-electron chi connectivity index (χ0n) is 6.45. The van der Waals surface area contributed by atoms with E-state index in [1.165, 1.54) is 0 Å². The van der Waals surface area contributed by atoms with Crippen molar-refractivity contribution in [3.8, 4) is 0 Å². The van der Waals surface area contributed by atoms with Gasteiger partial charge in [0.05, 0.1) is 8.99 Å². The molecule has 0 saturated carbocycles. The fourth-order valence-corrected chi connectivity index (χ4v) is 1.50. The van der Waals surface area contributed by atoms with Gasteiger partial charge in [-0.3, -0.25) is 0 Å². The van der Waals surface area contributed by atoms with Gasteiger partial charge >= 0.3 is 0 Å². The molecule has 0 spiro atoms. The number of rotatable bonds is 3. The van der Waals surface area contributed by atoms with E-state index in [0.717, 1.165) is 9.81 Å². The summed E-state index contributed by atoms with van der Waals surface area (Å²) in [5.74, 6) is 0. The number of hydrogen-bond acceptors (Lipinski definition) is 1. The highest BCUT2D eigenvalue weighted by Crippen LogP contribution is 2.23. The zero-order chi connectivity index (χ0) is 8.20. The summed E-state index contributed by atoms with van der Waals surface area (Å²) >= 11 is 6.58. The Morgan fingerprint density at radius 2 is 2.10 bits per heavy atom. The third-order valence-corrected chi connectivity index (χ3v) is 2.04. The zero-order valence-corrected chi connectivity index (χ0v) is 9.62. The Morgan fingerprint density at radius 1 is 1.60 bits per heavy atom. The van der Waals surface area contributed by atoms with Crippen LogP contribution >= 0.6 is 31.9 Å². The standard InChI is InChI=1S/C7H12Br2O/c1-4-7(2,10-3)5-6(8)9/h5H,4H2,1-3H3. The van der Waals surface area contributed by atoms with Gasteiger partial charge < -0.3 is 4.74 Å². The summed E-state index contributed by atoms with van der Waals surface area (Å²) in [5, 5.41) is 0. The van der Waals surface area contributed by atoms with Crippen molar-refractivity contribution in [3.63, 3.8) is 0 Å². The first-order valence-corrected chi connectivity index (χ1v) is 4.71. The predicted molar refractivity (Wildman–Crippen MR) is 51.6 cm³/mol. The first-order chi connectivity index (χ1) is 4.54. The number of ether oxygens (including phenoxy) is 1. The molecule has 1 nitrogen and oxygen atoms in total. The second-order valence-electron chi connectivity index (χ2n) is 2.30. The molecule has 0 aromatic heterocycles. The molecule has 1 atom stereocenters. The maximum Gasteiger partial charge on any atom is 0.0846 e. The average molecular weight is 272 g/mol. The monoisotopic (exact) mass is 270 g/mol. The van der Waals surface area contributed by atoms with Crippen molar-refractivity contribution >= 4 is 31.9 Å². The molecule has 0 aromatic carbocycles. The lowest BCUT2D eigenvalue weighted by atomic mass is 10.0. The normalized spacial score (nSPS) is 16.1. The first kappa shape index (κ1) is 10.7. The van der Waals surface area contributed by atoms with Gasteiger partial charge in [0.25, 0.3) is 0 Å². The molecule has 10 heavy (non-hydrogen) atoms. The molecule has 0 aliphatic carbocycles. The Labute approximate surface area is 79.1 Å². The van der Waals surface area contributed by atoms with Crippen molar-refractivity contribution in [2.24, 2.45) is 0 Å². The number of hydrogen-bond donors (Lipinski definition) is 0. The van der Waals surface area contributed by atoms with Crippen LogP contribution in [0.1, 0.15) is 20.3 Å². The van der Waals surface area contributed by atoms with Crippen LogP contribution in [-0.2, 0) is 4.74 Å². The minimum Gasteiger partial charge on any atom is -0.374 e. The summed E-state index contributed by atoms with van der Waals surface area (Å²) in [7, 11) is 1.71. The molecule has 3 heteroatoms. The molecule has 0 heterocycles. The maximum absolute atomic E-state index is 5.26. The minimum atomic E-state index is -0.150. The van der Waals surface area contributed by atoms with Gasteiger partial charge in [0.2, 0.25) is 0 Å². The van der Waals surface area contributed by atoms with Crippen LogP contribution in [0.5, 0.6) is 0 Å². The molecule has 0 aromatic rings. The van der Waals surface area contributed by atoms with Crippen molar-refractivity contribution in [1.82, 2.24) is 0 Å². The molecule has 0 amide bonds. The summed E-state index contributed by atoms with van der Waals surface area (Å²) in [6.07, 6.45) is 2.96. The van der Waals surface area contributed by atoms with E-state index < -0.39 is 0 Å². The van der Waals surface area contributed by atoms with E-state index in [1.807, 2.05) is 13.0 Å². The second-order valence-corrected chi connectivity index (χ2v) is 5.08. The van der Waals surface area contributed by atoms with Gasteiger partial charge in [-0.15, -0.1) is 0 Å². The molecule has 0 aliphatic heterocycles. The first-order valence-electron chi connectivity index (χ1n) is 3.13. The molecule has 0 saturated heterocycles. The Hall–Kier alpha value is 0.660. The molecular weight excluding hydrogens is 260 g/mol. The summed E-state index contributed by atoms with van der Waals surface area (Å²) < 4.78 is 6.20. The smallest absolute Gasteiger partial charge is 0.0846 e. The van der Waals surface area contributed by atoms with Gasteiger partial charge in [0.15, 0.2) is 0 Å². The van der Waals surface area contributed by atoms with Crippen LogP contribution < -0.4 is 0 Å². The van der Waals surface area contributed by atoms with Crippen molar-refractivity contribution < 1.29 is 4.74 Å². The SMILES string of the molecule is CCC(C)(C=C(Br)Br)OC. The highest BCUT2D eigenvalue weighted by atomic mass is 79.9. The lowest BCUT2D eigenvalue weighted by Crippen LogP contribution is -2.22. The van der Waals surface area contributed by atoms with Gasteiger partial charge in [-0.1, -0.05) is 6.92 Å². The summed E-state index contributed by atoms with van der Waals surface area (Å²) in [6, 6.07) is 0. The maximum atomic E-state index is 5.26. The molecule has 60 valence electrons. The van der Waals surface area contributed by atoms with Gasteiger partial charge in [-0.2, -0.15) is 0 Å². The van der Waals surface area contributed by atoms with Crippen molar-refractivity contribution in [2.75, 3.05) is 7.11 Å². The van der Waals surface area contributed by atoms with Crippen LogP contribution in [0.15, 0.2) is 9.47 Å². The van der Waals surface area contributed by atoms with Crippen molar-refractivity contribution in [3.05, 3.63) is 9.47 Å². The Bertz CT molecular complexity index is 124. The lowest BCUT2D eigenvalue weighted by Gasteiger charge is -2.22. The summed E-state index contributed by atoms with van der Waals surface area (Å²) in [5.41, 5.74) is -0.150. The van der Waals surface area contributed by atoms with Crippen LogP contribution in [-0.4, -0.2) is 12.7 Å². The fraction of sp³-hybridized carbons (Fsp3) is 0.714. The van der Waals surface area contributed by atoms with Crippen molar-refractivity contribution in [1.29, 1.82) is 0 Å². The molecule has 0 fully saturated rings. The molecule has 1 unspecified atom stereocenters. The van der Waals surface area contributed by atoms with E-state index in [1.54, 1.807) is 7.11 Å². The van der Waals surface area contributed by atoms with Crippen LogP contribution in [0.25, 0.3) is 0 Å². The molecule has 0 N–H and O–H groups in total.